The van der Waals surface area contributed by atoms with Crippen molar-refractivity contribution in [1.29, 1.82) is 0 Å². The van der Waals surface area contributed by atoms with Crippen molar-refractivity contribution in [2.45, 2.75) is 6.18 Å². The molecule has 2 aromatic carbocycles. The van der Waals surface area contributed by atoms with Crippen LogP contribution in [0.5, 0.6) is 11.5 Å². The van der Waals surface area contributed by atoms with E-state index in [9.17, 15) is 18.0 Å². The monoisotopic (exact) mass is 392 g/mol. The van der Waals surface area contributed by atoms with E-state index in [4.69, 9.17) is 9.47 Å². The lowest BCUT2D eigenvalue weighted by Crippen LogP contribution is -2.22. The molecule has 3 aromatic rings. The van der Waals surface area contributed by atoms with Gasteiger partial charge in [-0.1, -0.05) is 12.1 Å². The highest BCUT2D eigenvalue weighted by atomic mass is 19.4. The Bertz CT molecular complexity index is 959. The van der Waals surface area contributed by atoms with Crippen molar-refractivity contribution < 1.29 is 27.4 Å². The maximum Gasteiger partial charge on any atom is 0.416 e. The number of nitrogens with zero attached hydrogens (tertiary/aromatic N) is 3. The first kappa shape index (κ1) is 19.2. The number of amides is 1. The predicted molar refractivity (Wildman–Crippen MR) is 93.5 cm³/mol. The van der Waals surface area contributed by atoms with Gasteiger partial charge in [-0.15, -0.1) is 0 Å². The summed E-state index contributed by atoms with van der Waals surface area (Å²) < 4.78 is 50.9. The summed E-state index contributed by atoms with van der Waals surface area (Å²) in [6, 6.07) is 9.63. The highest BCUT2D eigenvalue weighted by Crippen LogP contribution is 2.33. The van der Waals surface area contributed by atoms with Gasteiger partial charge in [-0.3, -0.25) is 4.79 Å². The summed E-state index contributed by atoms with van der Waals surface area (Å²) in [6.07, 6.45) is -2.02. The van der Waals surface area contributed by atoms with Gasteiger partial charge in [-0.2, -0.15) is 18.3 Å². The number of rotatable bonds is 6. The quantitative estimate of drug-likeness (QED) is 0.696. The molecule has 0 aliphatic carbocycles. The summed E-state index contributed by atoms with van der Waals surface area (Å²) in [4.78, 5) is 16.0. The van der Waals surface area contributed by atoms with Gasteiger partial charge in [-0.05, 0) is 30.3 Å². The molecule has 0 aliphatic heterocycles. The number of carbonyl (C=O) groups excluding carboxylic acids is 1. The van der Waals surface area contributed by atoms with Gasteiger partial charge in [0.2, 0.25) is 0 Å². The summed E-state index contributed by atoms with van der Waals surface area (Å²) in [5, 5.41) is 6.31. The number of alkyl halides is 3. The Morgan fingerprint density at radius 3 is 2.57 bits per heavy atom. The van der Waals surface area contributed by atoms with Crippen LogP contribution >= 0.6 is 0 Å². The molecule has 0 saturated heterocycles. The first-order valence-corrected chi connectivity index (χ1v) is 8.00. The molecule has 1 heterocycles. The molecule has 10 heteroatoms. The second kappa shape index (κ2) is 7.99. The molecular formula is C18H15F3N4O3. The van der Waals surface area contributed by atoms with Crippen molar-refractivity contribution in [2.24, 2.45) is 0 Å². The van der Waals surface area contributed by atoms with E-state index in [1.54, 1.807) is 24.3 Å². The topological polar surface area (TPSA) is 78.3 Å². The molecule has 0 atom stereocenters. The second-order valence-corrected chi connectivity index (χ2v) is 5.56. The molecular weight excluding hydrogens is 377 g/mol. The molecule has 0 unspecified atom stereocenters. The van der Waals surface area contributed by atoms with Crippen molar-refractivity contribution in [3.63, 3.8) is 0 Å². The minimum atomic E-state index is -4.56. The number of anilines is 1. The molecule has 7 nitrogen and oxygen atoms in total. The highest BCUT2D eigenvalue weighted by molar-refractivity contribution is 5.94. The van der Waals surface area contributed by atoms with E-state index >= 15 is 0 Å². The smallest absolute Gasteiger partial charge is 0.416 e. The molecule has 0 spiro atoms. The maximum absolute atomic E-state index is 13.0. The molecule has 0 fully saturated rings. The standard InChI is InChI=1S/C18H15F3N4O3/c1-27-15-4-2-3-5-16(15)28-9-17(26)24-13-8-12(18(19,20)21)6-7-14(13)25-11-22-10-23-25/h2-8,10-11H,9H2,1H3,(H,24,26). The van der Waals surface area contributed by atoms with Crippen LogP contribution in [-0.2, 0) is 11.0 Å². The van der Waals surface area contributed by atoms with E-state index in [-0.39, 0.29) is 11.4 Å². The summed E-state index contributed by atoms with van der Waals surface area (Å²) >= 11 is 0. The van der Waals surface area contributed by atoms with Crippen LogP contribution in [0.15, 0.2) is 55.1 Å². The van der Waals surface area contributed by atoms with Gasteiger partial charge in [0.1, 0.15) is 12.7 Å². The van der Waals surface area contributed by atoms with E-state index in [0.717, 1.165) is 12.1 Å². The van der Waals surface area contributed by atoms with Gasteiger partial charge in [0.15, 0.2) is 18.1 Å². The number of benzene rings is 2. The number of aromatic nitrogens is 3. The maximum atomic E-state index is 13.0. The van der Waals surface area contributed by atoms with Gasteiger partial charge in [0, 0.05) is 0 Å². The lowest BCUT2D eigenvalue weighted by molar-refractivity contribution is -0.137. The summed E-state index contributed by atoms with van der Waals surface area (Å²) in [5.74, 6) is 0.116. The van der Waals surface area contributed by atoms with Gasteiger partial charge < -0.3 is 14.8 Å². The number of para-hydroxylation sites is 2. The largest absolute Gasteiger partial charge is 0.493 e. The number of halogens is 3. The van der Waals surface area contributed by atoms with E-state index < -0.39 is 24.3 Å². The Balaban J connectivity index is 1.80. The van der Waals surface area contributed by atoms with E-state index in [1.165, 1.54) is 30.5 Å². The minimum absolute atomic E-state index is 0.0750. The molecule has 28 heavy (non-hydrogen) atoms. The SMILES string of the molecule is COc1ccccc1OCC(=O)Nc1cc(C(F)(F)F)ccc1-n1cncn1. The van der Waals surface area contributed by atoms with E-state index in [0.29, 0.717) is 11.5 Å². The third kappa shape index (κ3) is 4.40. The molecule has 1 aromatic heterocycles. The van der Waals surface area contributed by atoms with Crippen molar-refractivity contribution >= 4 is 11.6 Å². The molecule has 1 N–H and O–H groups in total. The third-order valence-corrected chi connectivity index (χ3v) is 3.69. The third-order valence-electron chi connectivity index (χ3n) is 3.69. The molecule has 0 aliphatic rings. The molecule has 0 bridgehead atoms. The van der Waals surface area contributed by atoms with Crippen LogP contribution in [0.25, 0.3) is 5.69 Å². The predicted octanol–water partition coefficient (Wildman–Crippen LogP) is 3.31. The number of methoxy groups -OCH3 is 1. The molecule has 0 saturated carbocycles. The van der Waals surface area contributed by atoms with Crippen LogP contribution in [-0.4, -0.2) is 34.4 Å². The average molecular weight is 392 g/mol. The number of ether oxygens (including phenoxy) is 2. The van der Waals surface area contributed by atoms with E-state index in [1.807, 2.05) is 0 Å². The van der Waals surface area contributed by atoms with Crippen LogP contribution in [0.4, 0.5) is 18.9 Å². The number of hydrogen-bond donors (Lipinski definition) is 1. The van der Waals surface area contributed by atoms with Crippen molar-refractivity contribution in [3.05, 3.63) is 60.7 Å². The molecule has 0 radical (unpaired) electrons. The van der Waals surface area contributed by atoms with Crippen molar-refractivity contribution in [2.75, 3.05) is 19.0 Å². The minimum Gasteiger partial charge on any atom is -0.493 e. The fraction of sp³-hybridized carbons (Fsp3) is 0.167. The van der Waals surface area contributed by atoms with Crippen LogP contribution in [0.3, 0.4) is 0 Å². The van der Waals surface area contributed by atoms with Gasteiger partial charge >= 0.3 is 6.18 Å². The average Bonchev–Trinajstić information content (AvgIpc) is 3.20. The van der Waals surface area contributed by atoms with Crippen molar-refractivity contribution in [3.8, 4) is 17.2 Å². The molecule has 1 amide bonds. The molecule has 3 rings (SSSR count). The summed E-state index contributed by atoms with van der Waals surface area (Å²) in [7, 11) is 1.45. The summed E-state index contributed by atoms with van der Waals surface area (Å²) in [6.45, 7) is -0.423. The fourth-order valence-corrected chi connectivity index (χ4v) is 2.41. The van der Waals surface area contributed by atoms with Crippen LogP contribution < -0.4 is 14.8 Å². The molecule has 146 valence electrons. The zero-order valence-electron chi connectivity index (χ0n) is 14.6. The highest BCUT2D eigenvalue weighted by Gasteiger charge is 2.31. The van der Waals surface area contributed by atoms with Crippen LogP contribution in [0.1, 0.15) is 5.56 Å². The fourth-order valence-electron chi connectivity index (χ4n) is 2.41. The first-order chi connectivity index (χ1) is 13.4. The Morgan fingerprint density at radius 1 is 1.18 bits per heavy atom. The zero-order chi connectivity index (χ0) is 20.1. The van der Waals surface area contributed by atoms with Crippen LogP contribution in [0.2, 0.25) is 0 Å². The van der Waals surface area contributed by atoms with Crippen LogP contribution in [0, 0.1) is 0 Å². The number of carbonyl (C=O) groups is 1. The Labute approximate surface area is 157 Å². The Hall–Kier alpha value is -3.56. The normalized spacial score (nSPS) is 11.1. The zero-order valence-corrected chi connectivity index (χ0v) is 14.6. The summed E-state index contributed by atoms with van der Waals surface area (Å²) in [5.41, 5.74) is -0.748. The van der Waals surface area contributed by atoms with Gasteiger partial charge in [-0.25, -0.2) is 9.67 Å². The van der Waals surface area contributed by atoms with Gasteiger partial charge in [0.05, 0.1) is 24.0 Å². The van der Waals surface area contributed by atoms with Gasteiger partial charge in [0.25, 0.3) is 5.91 Å². The number of hydrogen-bond acceptors (Lipinski definition) is 5. The van der Waals surface area contributed by atoms with Crippen molar-refractivity contribution in [1.82, 2.24) is 14.8 Å². The van der Waals surface area contributed by atoms with E-state index in [2.05, 4.69) is 15.4 Å². The first-order valence-electron chi connectivity index (χ1n) is 8.00. The lowest BCUT2D eigenvalue weighted by Gasteiger charge is -2.15. The second-order valence-electron chi connectivity index (χ2n) is 5.56. The number of nitrogens with one attached hydrogen (secondary N) is 1. The Kier molecular flexibility index (Phi) is 5.48. The Morgan fingerprint density at radius 2 is 1.93 bits per heavy atom. The lowest BCUT2D eigenvalue weighted by atomic mass is 10.1.